The van der Waals surface area contributed by atoms with E-state index in [-0.39, 0.29) is 30.7 Å². The van der Waals surface area contributed by atoms with Gasteiger partial charge in [-0.25, -0.2) is 4.79 Å². The smallest absolute Gasteiger partial charge is 0.325 e. The normalized spacial score (nSPS) is 26.3. The van der Waals surface area contributed by atoms with Gasteiger partial charge >= 0.3 is 12.0 Å². The number of urea groups is 1. The first-order valence-corrected chi connectivity index (χ1v) is 6.41. The summed E-state index contributed by atoms with van der Waals surface area (Å²) in [6.45, 7) is -0.0266. The van der Waals surface area contributed by atoms with Gasteiger partial charge in [-0.3, -0.25) is 14.5 Å². The second kappa shape index (κ2) is 3.70. The van der Waals surface area contributed by atoms with Crippen LogP contribution in [0.3, 0.4) is 0 Å². The zero-order valence-corrected chi connectivity index (χ0v) is 10.0. The highest BCUT2D eigenvalue weighted by molar-refractivity contribution is 6.08. The van der Waals surface area contributed by atoms with Crippen molar-refractivity contribution in [2.75, 3.05) is 6.54 Å². The van der Waals surface area contributed by atoms with Crippen LogP contribution in [0, 0.1) is 11.8 Å². The van der Waals surface area contributed by atoms with Crippen molar-refractivity contribution in [1.82, 2.24) is 10.2 Å². The summed E-state index contributed by atoms with van der Waals surface area (Å²) in [7, 11) is 0. The highest BCUT2D eigenvalue weighted by Gasteiger charge is 2.65. The molecule has 0 aromatic carbocycles. The minimum atomic E-state index is -0.994. The number of nitrogens with one attached hydrogen (secondary N) is 1. The Bertz CT molecular complexity index is 414. The number of carboxylic acids is 1. The number of hydrogen-bond donors (Lipinski definition) is 2. The number of rotatable bonds is 5. The topological polar surface area (TPSA) is 86.7 Å². The largest absolute Gasteiger partial charge is 0.481 e. The fourth-order valence-corrected chi connectivity index (χ4v) is 2.99. The number of carbonyl (C=O) groups excluding carboxylic acids is 2. The first-order chi connectivity index (χ1) is 8.55. The predicted octanol–water partition coefficient (Wildman–Crippen LogP) is 0.572. The lowest BCUT2D eigenvalue weighted by Gasteiger charge is -2.26. The molecular weight excluding hydrogens is 236 g/mol. The summed E-state index contributed by atoms with van der Waals surface area (Å²) in [5.74, 6) is -0.669. The van der Waals surface area contributed by atoms with Crippen molar-refractivity contribution in [3.8, 4) is 0 Å². The van der Waals surface area contributed by atoms with Gasteiger partial charge in [0.05, 0.1) is 6.42 Å². The van der Waals surface area contributed by atoms with Crippen LogP contribution in [0.15, 0.2) is 0 Å². The minimum Gasteiger partial charge on any atom is -0.481 e. The van der Waals surface area contributed by atoms with Crippen LogP contribution in [0.1, 0.15) is 32.1 Å². The van der Waals surface area contributed by atoms with E-state index in [0.29, 0.717) is 0 Å². The molecule has 3 fully saturated rings. The highest BCUT2D eigenvalue weighted by Crippen LogP contribution is 2.54. The molecule has 0 unspecified atom stereocenters. The summed E-state index contributed by atoms with van der Waals surface area (Å²) in [5.41, 5.74) is -0.699. The van der Waals surface area contributed by atoms with Crippen molar-refractivity contribution in [2.24, 2.45) is 11.8 Å². The van der Waals surface area contributed by atoms with Crippen LogP contribution in [0.5, 0.6) is 0 Å². The van der Waals surface area contributed by atoms with Gasteiger partial charge in [0.25, 0.3) is 5.91 Å². The third-order valence-electron chi connectivity index (χ3n) is 4.15. The lowest BCUT2D eigenvalue weighted by molar-refractivity contribution is -0.138. The molecule has 18 heavy (non-hydrogen) atoms. The summed E-state index contributed by atoms with van der Waals surface area (Å²) in [4.78, 5) is 36.0. The standard InChI is InChI=1S/C12H16N2O4/c15-9(16)5-6-14-10(17)12(7-1-2-7,8-3-4-8)13-11(14)18/h7-8H,1-6H2,(H,13,18)(H,15,16). The maximum Gasteiger partial charge on any atom is 0.325 e. The zero-order chi connectivity index (χ0) is 12.9. The average Bonchev–Trinajstić information content (AvgIpc) is 3.14. The summed E-state index contributed by atoms with van der Waals surface area (Å²) in [6.07, 6.45) is 3.74. The Hall–Kier alpha value is -1.59. The summed E-state index contributed by atoms with van der Waals surface area (Å²) in [5, 5.41) is 11.5. The maximum absolute atomic E-state index is 12.5. The van der Waals surface area contributed by atoms with E-state index in [1.165, 1.54) is 0 Å². The van der Waals surface area contributed by atoms with Crippen molar-refractivity contribution < 1.29 is 19.5 Å². The average molecular weight is 252 g/mol. The zero-order valence-electron chi connectivity index (χ0n) is 10.0. The van der Waals surface area contributed by atoms with Crippen LogP contribution in [-0.2, 0) is 9.59 Å². The lowest BCUT2D eigenvalue weighted by Crippen LogP contribution is -2.51. The van der Waals surface area contributed by atoms with Gasteiger partial charge in [0.1, 0.15) is 5.54 Å². The van der Waals surface area contributed by atoms with E-state index >= 15 is 0 Å². The van der Waals surface area contributed by atoms with Crippen LogP contribution in [0.25, 0.3) is 0 Å². The fraction of sp³-hybridized carbons (Fsp3) is 0.750. The Morgan fingerprint density at radius 3 is 2.28 bits per heavy atom. The van der Waals surface area contributed by atoms with Gasteiger partial charge in [-0.05, 0) is 37.5 Å². The lowest BCUT2D eigenvalue weighted by atomic mass is 9.87. The summed E-state index contributed by atoms with van der Waals surface area (Å²) < 4.78 is 0. The van der Waals surface area contributed by atoms with Gasteiger partial charge in [-0.1, -0.05) is 0 Å². The SMILES string of the molecule is O=C(O)CCN1C(=O)NC(C2CC2)(C2CC2)C1=O. The molecule has 3 amide bonds. The first kappa shape index (κ1) is 11.5. The Balaban J connectivity index is 1.80. The van der Waals surface area contributed by atoms with Gasteiger partial charge in [0.15, 0.2) is 0 Å². The second-order valence-electron chi connectivity index (χ2n) is 5.45. The molecule has 0 bridgehead atoms. The quantitative estimate of drug-likeness (QED) is 0.700. The molecule has 2 aliphatic carbocycles. The van der Waals surface area contributed by atoms with Crippen molar-refractivity contribution in [2.45, 2.75) is 37.6 Å². The second-order valence-corrected chi connectivity index (χ2v) is 5.45. The van der Waals surface area contributed by atoms with E-state index in [0.717, 1.165) is 30.6 Å². The van der Waals surface area contributed by atoms with Crippen LogP contribution >= 0.6 is 0 Å². The molecular formula is C12H16N2O4. The first-order valence-electron chi connectivity index (χ1n) is 6.41. The van der Waals surface area contributed by atoms with Gasteiger partial charge in [-0.15, -0.1) is 0 Å². The highest BCUT2D eigenvalue weighted by atomic mass is 16.4. The number of amides is 3. The van der Waals surface area contributed by atoms with Crippen LogP contribution in [0.2, 0.25) is 0 Å². The number of carboxylic acid groups (broad SMARTS) is 1. The molecule has 98 valence electrons. The van der Waals surface area contributed by atoms with Crippen LogP contribution < -0.4 is 5.32 Å². The third kappa shape index (κ3) is 1.59. The van der Waals surface area contributed by atoms with Crippen molar-refractivity contribution >= 4 is 17.9 Å². The van der Waals surface area contributed by atoms with Crippen molar-refractivity contribution in [3.05, 3.63) is 0 Å². The molecule has 2 N–H and O–H groups in total. The number of aliphatic carboxylic acids is 1. The number of nitrogens with zero attached hydrogens (tertiary/aromatic N) is 1. The monoisotopic (exact) mass is 252 g/mol. The predicted molar refractivity (Wildman–Crippen MR) is 60.7 cm³/mol. The van der Waals surface area contributed by atoms with Gasteiger partial charge in [0.2, 0.25) is 0 Å². The number of carbonyl (C=O) groups is 3. The van der Waals surface area contributed by atoms with Crippen molar-refractivity contribution in [3.63, 3.8) is 0 Å². The Kier molecular flexibility index (Phi) is 2.36. The van der Waals surface area contributed by atoms with E-state index < -0.39 is 17.5 Å². The Morgan fingerprint density at radius 1 is 1.28 bits per heavy atom. The molecule has 0 radical (unpaired) electrons. The number of imide groups is 1. The van der Waals surface area contributed by atoms with Gasteiger partial charge in [0, 0.05) is 6.54 Å². The van der Waals surface area contributed by atoms with E-state index in [9.17, 15) is 14.4 Å². The molecule has 1 saturated heterocycles. The maximum atomic E-state index is 12.5. The van der Waals surface area contributed by atoms with Gasteiger partial charge in [-0.2, -0.15) is 0 Å². The Morgan fingerprint density at radius 2 is 1.83 bits per heavy atom. The molecule has 3 aliphatic rings. The van der Waals surface area contributed by atoms with Crippen LogP contribution in [0.4, 0.5) is 4.79 Å². The number of hydrogen-bond acceptors (Lipinski definition) is 3. The molecule has 0 aromatic heterocycles. The molecule has 6 nitrogen and oxygen atoms in total. The van der Waals surface area contributed by atoms with E-state index in [4.69, 9.17) is 5.11 Å². The van der Waals surface area contributed by atoms with Crippen molar-refractivity contribution in [1.29, 1.82) is 0 Å². The molecule has 3 rings (SSSR count). The molecule has 2 saturated carbocycles. The molecule has 1 heterocycles. The van der Waals surface area contributed by atoms with E-state index in [1.54, 1.807) is 0 Å². The van der Waals surface area contributed by atoms with E-state index in [1.807, 2.05) is 0 Å². The van der Waals surface area contributed by atoms with E-state index in [2.05, 4.69) is 5.32 Å². The molecule has 6 heteroatoms. The Labute approximate surface area is 104 Å². The molecule has 0 aromatic rings. The molecule has 1 aliphatic heterocycles. The molecule has 0 atom stereocenters. The third-order valence-corrected chi connectivity index (χ3v) is 4.15. The molecule has 0 spiro atoms. The minimum absolute atomic E-state index is 0.0266. The summed E-state index contributed by atoms with van der Waals surface area (Å²) >= 11 is 0. The van der Waals surface area contributed by atoms with Gasteiger partial charge < -0.3 is 10.4 Å². The van der Waals surface area contributed by atoms with Crippen LogP contribution in [-0.4, -0.2) is 40.0 Å². The fourth-order valence-electron chi connectivity index (χ4n) is 2.99. The summed E-state index contributed by atoms with van der Waals surface area (Å²) in [6, 6.07) is -0.417.